The van der Waals surface area contributed by atoms with Gasteiger partial charge in [0.05, 0.1) is 25.5 Å². The zero-order chi connectivity index (χ0) is 22.1. The zero-order valence-electron chi connectivity index (χ0n) is 17.3. The highest BCUT2D eigenvalue weighted by Gasteiger charge is 2.13. The van der Waals surface area contributed by atoms with Crippen LogP contribution in [0.1, 0.15) is 28.4 Å². The fraction of sp³-hybridized carbons (Fsp3) is 0.167. The highest BCUT2D eigenvalue weighted by Crippen LogP contribution is 2.27. The van der Waals surface area contributed by atoms with E-state index >= 15 is 0 Å². The largest absolute Gasteiger partial charge is 0.493 e. The first-order chi connectivity index (χ1) is 15.1. The third kappa shape index (κ3) is 6.33. The summed E-state index contributed by atoms with van der Waals surface area (Å²) in [4.78, 5) is 12.7. The second-order valence-corrected chi connectivity index (χ2v) is 7.37. The Bertz CT molecular complexity index is 1050. The van der Waals surface area contributed by atoms with Gasteiger partial charge in [-0.05, 0) is 54.4 Å². The molecule has 0 aromatic heterocycles. The van der Waals surface area contributed by atoms with Gasteiger partial charge in [-0.25, -0.2) is 5.43 Å². The Kier molecular flexibility index (Phi) is 8.06. The Morgan fingerprint density at radius 1 is 1.00 bits per heavy atom. The van der Waals surface area contributed by atoms with Gasteiger partial charge in [-0.15, -0.1) is 0 Å². The first kappa shape index (κ1) is 22.4. The number of rotatable bonds is 9. The summed E-state index contributed by atoms with van der Waals surface area (Å²) < 4.78 is 17.5. The van der Waals surface area contributed by atoms with Crippen molar-refractivity contribution < 1.29 is 19.0 Å². The average molecular weight is 483 g/mol. The number of nitrogens with zero attached hydrogens (tertiary/aromatic N) is 1. The minimum absolute atomic E-state index is 0.359. The summed E-state index contributed by atoms with van der Waals surface area (Å²) in [7, 11) is 1.57. The van der Waals surface area contributed by atoms with Crippen LogP contribution in [0.4, 0.5) is 0 Å². The van der Waals surface area contributed by atoms with Crippen molar-refractivity contribution in [2.45, 2.75) is 13.5 Å². The van der Waals surface area contributed by atoms with Crippen LogP contribution < -0.4 is 19.6 Å². The van der Waals surface area contributed by atoms with Crippen molar-refractivity contribution in [2.24, 2.45) is 5.10 Å². The molecule has 0 saturated heterocycles. The molecule has 0 unspecified atom stereocenters. The number of hydrazone groups is 1. The first-order valence-electron chi connectivity index (χ1n) is 9.71. The Morgan fingerprint density at radius 3 is 2.52 bits per heavy atom. The van der Waals surface area contributed by atoms with Crippen LogP contribution >= 0.6 is 15.9 Å². The van der Waals surface area contributed by atoms with Crippen molar-refractivity contribution in [3.05, 3.63) is 87.9 Å². The number of halogens is 1. The summed E-state index contributed by atoms with van der Waals surface area (Å²) >= 11 is 3.40. The van der Waals surface area contributed by atoms with Gasteiger partial charge in [-0.2, -0.15) is 5.10 Å². The maximum absolute atomic E-state index is 12.7. The van der Waals surface area contributed by atoms with Gasteiger partial charge >= 0.3 is 0 Å². The number of carbonyl (C=O) groups is 1. The molecular weight excluding hydrogens is 460 g/mol. The lowest BCUT2D eigenvalue weighted by atomic mass is 10.2. The Balaban J connectivity index is 1.69. The minimum atomic E-state index is -0.376. The Labute approximate surface area is 190 Å². The van der Waals surface area contributed by atoms with Crippen LogP contribution in [-0.4, -0.2) is 25.8 Å². The van der Waals surface area contributed by atoms with E-state index in [1.165, 1.54) is 0 Å². The lowest BCUT2D eigenvalue weighted by molar-refractivity contribution is 0.0950. The fourth-order valence-electron chi connectivity index (χ4n) is 2.81. The van der Waals surface area contributed by atoms with E-state index in [4.69, 9.17) is 14.2 Å². The predicted octanol–water partition coefficient (Wildman–Crippen LogP) is 5.20. The topological polar surface area (TPSA) is 69.2 Å². The van der Waals surface area contributed by atoms with Gasteiger partial charge in [0.15, 0.2) is 11.5 Å². The molecule has 0 heterocycles. The summed E-state index contributed by atoms with van der Waals surface area (Å²) in [6.45, 7) is 2.81. The van der Waals surface area contributed by atoms with Crippen molar-refractivity contribution in [3.63, 3.8) is 0 Å². The highest BCUT2D eigenvalue weighted by atomic mass is 79.9. The van der Waals surface area contributed by atoms with E-state index in [9.17, 15) is 4.79 Å². The molecule has 0 radical (unpaired) electrons. The van der Waals surface area contributed by atoms with E-state index in [0.29, 0.717) is 36.0 Å². The Hall–Kier alpha value is -3.32. The van der Waals surface area contributed by atoms with Crippen molar-refractivity contribution in [3.8, 4) is 17.2 Å². The highest BCUT2D eigenvalue weighted by molar-refractivity contribution is 9.10. The monoisotopic (exact) mass is 482 g/mol. The van der Waals surface area contributed by atoms with Gasteiger partial charge < -0.3 is 14.2 Å². The first-order valence-corrected chi connectivity index (χ1v) is 10.5. The number of hydrogen-bond acceptors (Lipinski definition) is 5. The number of amides is 1. The zero-order valence-corrected chi connectivity index (χ0v) is 18.9. The summed E-state index contributed by atoms with van der Waals surface area (Å²) in [5.41, 5.74) is 4.70. The van der Waals surface area contributed by atoms with Crippen LogP contribution in [0.25, 0.3) is 0 Å². The van der Waals surface area contributed by atoms with Crippen LogP contribution in [0.5, 0.6) is 17.2 Å². The normalized spacial score (nSPS) is 10.7. The van der Waals surface area contributed by atoms with Crippen LogP contribution in [0, 0.1) is 0 Å². The van der Waals surface area contributed by atoms with Gasteiger partial charge in [0, 0.05) is 4.47 Å². The number of methoxy groups -OCH3 is 1. The molecule has 6 nitrogen and oxygen atoms in total. The molecule has 1 N–H and O–H groups in total. The SMILES string of the molecule is CCOc1ccc(/C=N\NC(=O)c2cc(Br)ccc2OCc2ccccc2)cc1OC. The van der Waals surface area contributed by atoms with Gasteiger partial charge in [0.1, 0.15) is 12.4 Å². The second-order valence-electron chi connectivity index (χ2n) is 6.46. The summed E-state index contributed by atoms with van der Waals surface area (Å²) in [6.07, 6.45) is 1.54. The molecule has 0 saturated carbocycles. The molecule has 0 aliphatic carbocycles. The number of carbonyl (C=O) groups excluding carboxylic acids is 1. The fourth-order valence-corrected chi connectivity index (χ4v) is 3.17. The third-order valence-corrected chi connectivity index (χ3v) is 4.78. The molecule has 1 amide bonds. The van der Waals surface area contributed by atoms with Crippen molar-refractivity contribution in [2.75, 3.05) is 13.7 Å². The third-order valence-electron chi connectivity index (χ3n) is 4.29. The molecule has 0 atom stereocenters. The number of ether oxygens (including phenoxy) is 3. The Morgan fingerprint density at radius 2 is 1.77 bits per heavy atom. The van der Waals surface area contributed by atoms with E-state index in [0.717, 1.165) is 15.6 Å². The quantitative estimate of drug-likeness (QED) is 0.336. The molecule has 0 fully saturated rings. The molecule has 0 bridgehead atoms. The van der Waals surface area contributed by atoms with Gasteiger partial charge in [0.2, 0.25) is 0 Å². The maximum atomic E-state index is 12.7. The average Bonchev–Trinajstić information content (AvgIpc) is 2.79. The van der Waals surface area contributed by atoms with Gasteiger partial charge in [-0.1, -0.05) is 46.3 Å². The van der Waals surface area contributed by atoms with Crippen molar-refractivity contribution >= 4 is 28.1 Å². The molecule has 0 aliphatic heterocycles. The smallest absolute Gasteiger partial charge is 0.275 e. The van der Waals surface area contributed by atoms with Crippen molar-refractivity contribution in [1.82, 2.24) is 5.43 Å². The van der Waals surface area contributed by atoms with Gasteiger partial charge in [0.25, 0.3) is 5.91 Å². The lowest BCUT2D eigenvalue weighted by Crippen LogP contribution is -2.19. The second kappa shape index (κ2) is 11.2. The maximum Gasteiger partial charge on any atom is 0.275 e. The van der Waals surface area contributed by atoms with E-state index < -0.39 is 0 Å². The van der Waals surface area contributed by atoms with Crippen LogP contribution in [0.15, 0.2) is 76.3 Å². The van der Waals surface area contributed by atoms with E-state index in [1.807, 2.05) is 49.4 Å². The summed E-state index contributed by atoms with van der Waals surface area (Å²) in [5.74, 6) is 1.35. The van der Waals surface area contributed by atoms with Gasteiger partial charge in [-0.3, -0.25) is 4.79 Å². The molecule has 7 heteroatoms. The molecule has 3 aromatic rings. The van der Waals surface area contributed by atoms with Crippen LogP contribution in [0.3, 0.4) is 0 Å². The predicted molar refractivity (Wildman–Crippen MR) is 124 cm³/mol. The number of hydrogen-bond donors (Lipinski definition) is 1. The summed E-state index contributed by atoms with van der Waals surface area (Å²) in [6, 6.07) is 20.5. The molecular formula is C24H23BrN2O4. The van der Waals surface area contributed by atoms with E-state index in [2.05, 4.69) is 26.5 Å². The van der Waals surface area contributed by atoms with Crippen molar-refractivity contribution in [1.29, 1.82) is 0 Å². The molecule has 31 heavy (non-hydrogen) atoms. The lowest BCUT2D eigenvalue weighted by Gasteiger charge is -2.11. The molecule has 0 aliphatic rings. The molecule has 3 rings (SSSR count). The molecule has 0 spiro atoms. The van der Waals surface area contributed by atoms with E-state index in [-0.39, 0.29) is 5.91 Å². The minimum Gasteiger partial charge on any atom is -0.493 e. The molecule has 160 valence electrons. The number of benzene rings is 3. The summed E-state index contributed by atoms with van der Waals surface area (Å²) in [5, 5.41) is 4.07. The standard InChI is InChI=1S/C24H23BrN2O4/c1-3-30-22-11-9-18(13-23(22)29-2)15-26-27-24(28)20-14-19(25)10-12-21(20)31-16-17-7-5-4-6-8-17/h4-15H,3,16H2,1-2H3,(H,27,28)/b26-15-. The number of nitrogens with one attached hydrogen (secondary N) is 1. The van der Waals surface area contributed by atoms with E-state index in [1.54, 1.807) is 37.6 Å². The van der Waals surface area contributed by atoms with Crippen LogP contribution in [0.2, 0.25) is 0 Å². The molecule has 3 aromatic carbocycles. The van der Waals surface area contributed by atoms with Crippen LogP contribution in [-0.2, 0) is 6.61 Å².